The molecule has 0 spiro atoms. The van der Waals surface area contributed by atoms with Crippen molar-refractivity contribution in [2.45, 2.75) is 46.1 Å². The van der Waals surface area contributed by atoms with Crippen molar-refractivity contribution in [2.24, 2.45) is 0 Å². The van der Waals surface area contributed by atoms with Crippen LogP contribution in [-0.2, 0) is 14.4 Å². The third-order valence-electron chi connectivity index (χ3n) is 5.72. The summed E-state index contributed by atoms with van der Waals surface area (Å²) in [4.78, 5) is 41.8. The molecule has 1 aliphatic rings. The van der Waals surface area contributed by atoms with Crippen LogP contribution in [0.25, 0.3) is 0 Å². The van der Waals surface area contributed by atoms with Gasteiger partial charge in [0.1, 0.15) is 6.04 Å². The Hall–Kier alpha value is -3.15. The normalized spacial score (nSPS) is 14.8. The fourth-order valence-electron chi connectivity index (χ4n) is 4.25. The molecule has 1 saturated heterocycles. The summed E-state index contributed by atoms with van der Waals surface area (Å²) < 4.78 is 0. The molecule has 164 valence electrons. The molecular weight excluding hydrogens is 390 g/mol. The molecule has 1 aliphatic heterocycles. The van der Waals surface area contributed by atoms with Crippen molar-refractivity contribution in [3.05, 3.63) is 64.7 Å². The first-order valence-electron chi connectivity index (χ1n) is 10.7. The Balaban J connectivity index is 1.77. The molecule has 3 amide bonds. The first-order chi connectivity index (χ1) is 14.8. The van der Waals surface area contributed by atoms with Gasteiger partial charge in [0.25, 0.3) is 0 Å². The average molecular weight is 422 g/mol. The van der Waals surface area contributed by atoms with Crippen molar-refractivity contribution in [1.29, 1.82) is 0 Å². The maximum atomic E-state index is 13.4. The van der Waals surface area contributed by atoms with Gasteiger partial charge in [0.15, 0.2) is 0 Å². The van der Waals surface area contributed by atoms with Crippen LogP contribution < -0.4 is 5.32 Å². The number of likely N-dealkylation sites (N-methyl/N-ethyl adjacent to an activating group) is 1. The van der Waals surface area contributed by atoms with E-state index in [0.29, 0.717) is 13.0 Å². The Kier molecular flexibility index (Phi) is 7.10. The van der Waals surface area contributed by atoms with Crippen molar-refractivity contribution in [3.8, 4) is 0 Å². The molecule has 0 saturated carbocycles. The number of hydrogen-bond acceptors (Lipinski definition) is 3. The summed E-state index contributed by atoms with van der Waals surface area (Å²) in [6, 6.07) is 12.6. The number of nitrogens with one attached hydrogen (secondary N) is 1. The number of likely N-dealkylation sites (tertiary alicyclic amines) is 1. The number of anilines is 1. The molecule has 6 nitrogen and oxygen atoms in total. The summed E-state index contributed by atoms with van der Waals surface area (Å²) in [6.45, 7) is 6.39. The molecule has 31 heavy (non-hydrogen) atoms. The molecular formula is C25H31N3O3. The molecule has 0 bridgehead atoms. The van der Waals surface area contributed by atoms with Gasteiger partial charge in [-0.2, -0.15) is 0 Å². The molecule has 1 N–H and O–H groups in total. The van der Waals surface area contributed by atoms with Crippen LogP contribution in [0, 0.1) is 20.8 Å². The highest BCUT2D eigenvalue weighted by Gasteiger charge is 2.34. The highest BCUT2D eigenvalue weighted by Crippen LogP contribution is 2.27. The van der Waals surface area contributed by atoms with E-state index in [1.807, 2.05) is 63.2 Å². The van der Waals surface area contributed by atoms with Crippen LogP contribution in [0.2, 0.25) is 0 Å². The molecule has 2 aromatic carbocycles. The van der Waals surface area contributed by atoms with E-state index in [9.17, 15) is 14.4 Å². The molecule has 2 aromatic rings. The van der Waals surface area contributed by atoms with Gasteiger partial charge in [-0.05, 0) is 50.3 Å². The third-order valence-corrected chi connectivity index (χ3v) is 5.72. The van der Waals surface area contributed by atoms with Gasteiger partial charge < -0.3 is 15.1 Å². The second-order valence-corrected chi connectivity index (χ2v) is 8.37. The summed E-state index contributed by atoms with van der Waals surface area (Å²) in [5.74, 6) is -0.533. The predicted molar refractivity (Wildman–Crippen MR) is 122 cm³/mol. The number of rotatable bonds is 6. The predicted octanol–water partition coefficient (Wildman–Crippen LogP) is 3.76. The molecule has 0 aliphatic carbocycles. The highest BCUT2D eigenvalue weighted by atomic mass is 16.2. The largest absolute Gasteiger partial charge is 0.334 e. The number of hydrogen-bond donors (Lipinski definition) is 1. The Morgan fingerprint density at radius 1 is 1.06 bits per heavy atom. The molecule has 0 aromatic heterocycles. The van der Waals surface area contributed by atoms with E-state index < -0.39 is 6.04 Å². The minimum Gasteiger partial charge on any atom is -0.334 e. The van der Waals surface area contributed by atoms with Crippen molar-refractivity contribution < 1.29 is 14.4 Å². The van der Waals surface area contributed by atoms with E-state index in [0.717, 1.165) is 40.8 Å². The second kappa shape index (κ2) is 9.77. The number of benzene rings is 2. The van der Waals surface area contributed by atoms with Crippen molar-refractivity contribution >= 4 is 23.4 Å². The lowest BCUT2D eigenvalue weighted by Crippen LogP contribution is -2.47. The molecule has 0 radical (unpaired) electrons. The Morgan fingerprint density at radius 3 is 2.32 bits per heavy atom. The van der Waals surface area contributed by atoms with E-state index in [2.05, 4.69) is 5.32 Å². The number of carbonyl (C=O) groups is 3. The zero-order valence-electron chi connectivity index (χ0n) is 18.8. The highest BCUT2D eigenvalue weighted by molar-refractivity contribution is 5.97. The standard InChI is InChI=1S/C25H31N3O3/c1-17-14-18(2)23(19(3)15-17)26-21(29)16-27(4)25(31)24(20-10-6-5-7-11-20)28-13-9-8-12-22(28)30/h5-7,10-11,14-15,24H,8-9,12-13,16H2,1-4H3,(H,26,29). The molecule has 1 heterocycles. The van der Waals surface area contributed by atoms with Gasteiger partial charge in [0.2, 0.25) is 17.7 Å². The van der Waals surface area contributed by atoms with Gasteiger partial charge in [0, 0.05) is 25.7 Å². The maximum Gasteiger partial charge on any atom is 0.250 e. The molecule has 6 heteroatoms. The average Bonchev–Trinajstić information content (AvgIpc) is 2.73. The number of carbonyl (C=O) groups excluding carboxylic acids is 3. The number of aryl methyl sites for hydroxylation is 3. The van der Waals surface area contributed by atoms with Crippen LogP contribution in [0.1, 0.15) is 47.6 Å². The Labute approximate surface area is 184 Å². The third kappa shape index (κ3) is 5.32. The first-order valence-corrected chi connectivity index (χ1v) is 10.7. The van der Waals surface area contributed by atoms with E-state index >= 15 is 0 Å². The topological polar surface area (TPSA) is 69.7 Å². The summed E-state index contributed by atoms with van der Waals surface area (Å²) in [6.07, 6.45) is 2.17. The van der Waals surface area contributed by atoms with Crippen molar-refractivity contribution in [1.82, 2.24) is 9.80 Å². The summed E-state index contributed by atoms with van der Waals surface area (Å²) >= 11 is 0. The zero-order chi connectivity index (χ0) is 22.5. The van der Waals surface area contributed by atoms with Crippen LogP contribution in [0.5, 0.6) is 0 Å². The second-order valence-electron chi connectivity index (χ2n) is 8.37. The smallest absolute Gasteiger partial charge is 0.250 e. The van der Waals surface area contributed by atoms with Crippen molar-refractivity contribution in [3.63, 3.8) is 0 Å². The summed E-state index contributed by atoms with van der Waals surface area (Å²) in [5.41, 5.74) is 4.65. The molecule has 1 atom stereocenters. The molecule has 1 unspecified atom stereocenters. The van der Waals surface area contributed by atoms with Crippen LogP contribution >= 0.6 is 0 Å². The van der Waals surface area contributed by atoms with Gasteiger partial charge in [-0.25, -0.2) is 0 Å². The maximum absolute atomic E-state index is 13.4. The van der Waals surface area contributed by atoms with Gasteiger partial charge in [-0.15, -0.1) is 0 Å². The lowest BCUT2D eigenvalue weighted by molar-refractivity contribution is -0.147. The SMILES string of the molecule is Cc1cc(C)c(NC(=O)CN(C)C(=O)C(c2ccccc2)N2CCCCC2=O)c(C)c1. The van der Waals surface area contributed by atoms with Crippen LogP contribution in [0.15, 0.2) is 42.5 Å². The summed E-state index contributed by atoms with van der Waals surface area (Å²) in [7, 11) is 1.61. The minimum atomic E-state index is -0.713. The zero-order valence-corrected chi connectivity index (χ0v) is 18.8. The van der Waals surface area contributed by atoms with E-state index in [4.69, 9.17) is 0 Å². The fraction of sp³-hybridized carbons (Fsp3) is 0.400. The Bertz CT molecular complexity index is 948. The van der Waals surface area contributed by atoms with E-state index in [1.165, 1.54) is 4.90 Å². The Morgan fingerprint density at radius 2 is 1.71 bits per heavy atom. The monoisotopic (exact) mass is 421 g/mol. The van der Waals surface area contributed by atoms with Gasteiger partial charge in [-0.1, -0.05) is 48.0 Å². The van der Waals surface area contributed by atoms with Crippen LogP contribution in [0.3, 0.4) is 0 Å². The lowest BCUT2D eigenvalue weighted by Gasteiger charge is -2.36. The number of nitrogens with zero attached hydrogens (tertiary/aromatic N) is 2. The molecule has 3 rings (SSSR count). The van der Waals surface area contributed by atoms with Crippen molar-refractivity contribution in [2.75, 3.05) is 25.5 Å². The van der Waals surface area contributed by atoms with Gasteiger partial charge >= 0.3 is 0 Å². The first kappa shape index (κ1) is 22.5. The van der Waals surface area contributed by atoms with E-state index in [1.54, 1.807) is 11.9 Å². The fourth-order valence-corrected chi connectivity index (χ4v) is 4.25. The molecule has 1 fully saturated rings. The summed E-state index contributed by atoms with van der Waals surface area (Å²) in [5, 5.41) is 2.95. The minimum absolute atomic E-state index is 0.0165. The number of amides is 3. The quantitative estimate of drug-likeness (QED) is 0.772. The van der Waals surface area contributed by atoms with Gasteiger partial charge in [-0.3, -0.25) is 14.4 Å². The van der Waals surface area contributed by atoms with Gasteiger partial charge in [0.05, 0.1) is 6.54 Å². The lowest BCUT2D eigenvalue weighted by atomic mass is 10.00. The number of piperidine rings is 1. The van der Waals surface area contributed by atoms with Crippen LogP contribution in [0.4, 0.5) is 5.69 Å². The van der Waals surface area contributed by atoms with E-state index in [-0.39, 0.29) is 24.3 Å². The van der Waals surface area contributed by atoms with Crippen LogP contribution in [-0.4, -0.2) is 47.7 Å².